The van der Waals surface area contributed by atoms with E-state index < -0.39 is 5.97 Å². The van der Waals surface area contributed by atoms with Crippen LogP contribution in [0.25, 0.3) is 6.08 Å². The highest BCUT2D eigenvalue weighted by molar-refractivity contribution is 9.10. The maximum absolute atomic E-state index is 12.1. The smallest absolute Gasteiger partial charge is 0.363 e. The van der Waals surface area contributed by atoms with E-state index in [1.54, 1.807) is 6.08 Å². The largest absolute Gasteiger partial charge is 0.493 e. The van der Waals surface area contributed by atoms with Crippen LogP contribution in [0, 0.1) is 0 Å². The van der Waals surface area contributed by atoms with Gasteiger partial charge in [0.05, 0.1) is 12.2 Å². The molecule has 0 amide bonds. The van der Waals surface area contributed by atoms with Crippen LogP contribution >= 0.6 is 15.9 Å². The molecule has 1 aliphatic heterocycles. The Kier molecular flexibility index (Phi) is 4.57. The lowest BCUT2D eigenvalue weighted by Gasteiger charge is -2.06. The molecular formula is C18H14BrNO3. The summed E-state index contributed by atoms with van der Waals surface area (Å²) in [5, 5.41) is 0. The summed E-state index contributed by atoms with van der Waals surface area (Å²) >= 11 is 3.43. The molecule has 2 aromatic carbocycles. The van der Waals surface area contributed by atoms with Crippen molar-refractivity contribution in [2.45, 2.75) is 6.92 Å². The zero-order valence-electron chi connectivity index (χ0n) is 12.5. The monoisotopic (exact) mass is 371 g/mol. The molecule has 2 aromatic rings. The van der Waals surface area contributed by atoms with Crippen LogP contribution in [0.5, 0.6) is 5.75 Å². The number of ether oxygens (including phenoxy) is 2. The van der Waals surface area contributed by atoms with Gasteiger partial charge in [0.25, 0.3) is 0 Å². The summed E-state index contributed by atoms with van der Waals surface area (Å²) in [6, 6.07) is 15.0. The Morgan fingerprint density at radius 1 is 1.17 bits per heavy atom. The van der Waals surface area contributed by atoms with Gasteiger partial charge < -0.3 is 9.47 Å². The minimum atomic E-state index is -0.470. The third-order valence-corrected chi connectivity index (χ3v) is 3.93. The number of aliphatic imine (C=N–C) groups is 1. The fraction of sp³-hybridized carbons (Fsp3) is 0.111. The molecule has 0 N–H and O–H groups in total. The number of carbonyl (C=O) groups excluding carboxylic acids is 1. The van der Waals surface area contributed by atoms with E-state index in [0.717, 1.165) is 15.6 Å². The van der Waals surface area contributed by atoms with Crippen molar-refractivity contribution >= 4 is 33.9 Å². The fourth-order valence-corrected chi connectivity index (χ4v) is 2.65. The molecule has 0 radical (unpaired) electrons. The number of hydrogen-bond acceptors (Lipinski definition) is 4. The molecule has 5 heteroatoms. The highest BCUT2D eigenvalue weighted by atomic mass is 79.9. The van der Waals surface area contributed by atoms with E-state index in [4.69, 9.17) is 9.47 Å². The second-order valence-corrected chi connectivity index (χ2v) is 5.64. The Hall–Kier alpha value is -2.40. The zero-order chi connectivity index (χ0) is 16.2. The van der Waals surface area contributed by atoms with E-state index >= 15 is 0 Å². The number of benzene rings is 2. The van der Waals surface area contributed by atoms with E-state index in [1.807, 2.05) is 55.5 Å². The maximum Gasteiger partial charge on any atom is 0.363 e. The molecule has 1 heterocycles. The van der Waals surface area contributed by atoms with Gasteiger partial charge in [-0.05, 0) is 47.1 Å². The van der Waals surface area contributed by atoms with E-state index in [0.29, 0.717) is 18.3 Å². The molecule has 0 saturated carbocycles. The Balaban J connectivity index is 1.98. The lowest BCUT2D eigenvalue weighted by molar-refractivity contribution is -0.129. The van der Waals surface area contributed by atoms with Gasteiger partial charge in [-0.25, -0.2) is 9.79 Å². The molecule has 23 heavy (non-hydrogen) atoms. The highest BCUT2D eigenvalue weighted by Crippen LogP contribution is 2.26. The molecule has 0 aliphatic carbocycles. The standard InChI is InChI=1S/C18H14BrNO3/c1-2-22-16-10-6-3-7-12(16)11-15-18(21)23-17(20-15)13-8-4-5-9-14(13)19/h3-11H,2H2,1H3/b15-11+. The second-order valence-electron chi connectivity index (χ2n) is 4.79. The Morgan fingerprint density at radius 2 is 1.91 bits per heavy atom. The first-order chi connectivity index (χ1) is 11.2. The molecule has 0 bridgehead atoms. The van der Waals surface area contributed by atoms with Crippen molar-refractivity contribution in [3.05, 3.63) is 69.8 Å². The molecule has 4 nitrogen and oxygen atoms in total. The van der Waals surface area contributed by atoms with Crippen molar-refractivity contribution in [2.75, 3.05) is 6.61 Å². The van der Waals surface area contributed by atoms with Gasteiger partial charge in [0.2, 0.25) is 5.90 Å². The van der Waals surface area contributed by atoms with Crippen molar-refractivity contribution in [2.24, 2.45) is 4.99 Å². The van der Waals surface area contributed by atoms with Gasteiger partial charge in [-0.2, -0.15) is 0 Å². The Morgan fingerprint density at radius 3 is 2.70 bits per heavy atom. The Bertz CT molecular complexity index is 811. The number of halogens is 1. The van der Waals surface area contributed by atoms with E-state index in [-0.39, 0.29) is 5.70 Å². The molecule has 0 unspecified atom stereocenters. The SMILES string of the molecule is CCOc1ccccc1/C=C1/N=C(c2ccccc2Br)OC1=O. The molecule has 0 spiro atoms. The second kappa shape index (κ2) is 6.79. The van der Waals surface area contributed by atoms with Crippen LogP contribution in [0.15, 0.2) is 63.7 Å². The topological polar surface area (TPSA) is 47.9 Å². The van der Waals surface area contributed by atoms with Crippen LogP contribution in [0.1, 0.15) is 18.1 Å². The van der Waals surface area contributed by atoms with Crippen LogP contribution < -0.4 is 4.74 Å². The van der Waals surface area contributed by atoms with Crippen molar-refractivity contribution in [3.63, 3.8) is 0 Å². The molecule has 0 saturated heterocycles. The minimum absolute atomic E-state index is 0.253. The summed E-state index contributed by atoms with van der Waals surface area (Å²) in [4.78, 5) is 16.4. The predicted octanol–water partition coefficient (Wildman–Crippen LogP) is 4.19. The van der Waals surface area contributed by atoms with Gasteiger partial charge in [-0.1, -0.05) is 30.3 Å². The van der Waals surface area contributed by atoms with Gasteiger partial charge in [-0.15, -0.1) is 0 Å². The van der Waals surface area contributed by atoms with Gasteiger partial charge in [-0.3, -0.25) is 0 Å². The number of esters is 1. The number of cyclic esters (lactones) is 1. The third-order valence-electron chi connectivity index (χ3n) is 3.24. The number of para-hydroxylation sites is 1. The van der Waals surface area contributed by atoms with Crippen LogP contribution in [0.4, 0.5) is 0 Å². The summed E-state index contributed by atoms with van der Waals surface area (Å²) in [6.07, 6.45) is 1.68. The van der Waals surface area contributed by atoms with Crippen LogP contribution in [0.3, 0.4) is 0 Å². The van der Waals surface area contributed by atoms with E-state index in [1.165, 1.54) is 0 Å². The fourth-order valence-electron chi connectivity index (χ4n) is 2.19. The molecule has 1 aliphatic rings. The highest BCUT2D eigenvalue weighted by Gasteiger charge is 2.25. The summed E-state index contributed by atoms with van der Waals surface area (Å²) in [7, 11) is 0. The van der Waals surface area contributed by atoms with Gasteiger partial charge in [0.15, 0.2) is 5.70 Å². The summed E-state index contributed by atoms with van der Waals surface area (Å²) in [5.41, 5.74) is 1.78. The average molecular weight is 372 g/mol. The predicted molar refractivity (Wildman–Crippen MR) is 92.4 cm³/mol. The normalized spacial score (nSPS) is 15.5. The molecule has 116 valence electrons. The number of nitrogens with zero attached hydrogens (tertiary/aromatic N) is 1. The van der Waals surface area contributed by atoms with E-state index in [9.17, 15) is 4.79 Å². The first kappa shape index (κ1) is 15.5. The van der Waals surface area contributed by atoms with Crippen molar-refractivity contribution in [1.82, 2.24) is 0 Å². The quantitative estimate of drug-likeness (QED) is 0.597. The molecule has 0 fully saturated rings. The van der Waals surface area contributed by atoms with Crippen molar-refractivity contribution < 1.29 is 14.3 Å². The van der Waals surface area contributed by atoms with Gasteiger partial charge in [0, 0.05) is 10.0 Å². The number of carbonyl (C=O) groups is 1. The van der Waals surface area contributed by atoms with Crippen LogP contribution in [-0.2, 0) is 9.53 Å². The molecule has 0 atom stereocenters. The number of rotatable bonds is 4. The lowest BCUT2D eigenvalue weighted by atomic mass is 10.1. The summed E-state index contributed by atoms with van der Waals surface area (Å²) in [5.74, 6) is 0.532. The lowest BCUT2D eigenvalue weighted by Crippen LogP contribution is -2.05. The van der Waals surface area contributed by atoms with Gasteiger partial charge in [0.1, 0.15) is 5.75 Å². The number of hydrogen-bond donors (Lipinski definition) is 0. The molecular weight excluding hydrogens is 358 g/mol. The third kappa shape index (κ3) is 3.35. The first-order valence-corrected chi connectivity index (χ1v) is 7.97. The zero-order valence-corrected chi connectivity index (χ0v) is 14.0. The molecule has 3 rings (SSSR count). The van der Waals surface area contributed by atoms with Crippen molar-refractivity contribution in [3.8, 4) is 5.75 Å². The van der Waals surface area contributed by atoms with E-state index in [2.05, 4.69) is 20.9 Å². The van der Waals surface area contributed by atoms with Crippen molar-refractivity contribution in [1.29, 1.82) is 0 Å². The first-order valence-electron chi connectivity index (χ1n) is 7.18. The van der Waals surface area contributed by atoms with Crippen LogP contribution in [0.2, 0.25) is 0 Å². The van der Waals surface area contributed by atoms with Gasteiger partial charge >= 0.3 is 5.97 Å². The average Bonchev–Trinajstić information content (AvgIpc) is 2.91. The molecule has 0 aromatic heterocycles. The Labute approximate surface area is 142 Å². The summed E-state index contributed by atoms with van der Waals surface area (Å²) in [6.45, 7) is 2.47. The summed E-state index contributed by atoms with van der Waals surface area (Å²) < 4.78 is 11.7. The van der Waals surface area contributed by atoms with Crippen LogP contribution in [-0.4, -0.2) is 18.5 Å². The minimum Gasteiger partial charge on any atom is -0.493 e. The maximum atomic E-state index is 12.1.